The molecule has 0 aromatic carbocycles. The van der Waals surface area contributed by atoms with Crippen LogP contribution in [-0.2, 0) is 9.53 Å². The highest BCUT2D eigenvalue weighted by Crippen LogP contribution is 2.25. The minimum absolute atomic E-state index is 0.0314. The van der Waals surface area contributed by atoms with Crippen LogP contribution in [0.1, 0.15) is 53.4 Å². The number of nitrogens with one attached hydrogen (secondary N) is 1. The van der Waals surface area contributed by atoms with Gasteiger partial charge in [-0.25, -0.2) is 0 Å². The van der Waals surface area contributed by atoms with Crippen LogP contribution < -0.4 is 5.32 Å². The van der Waals surface area contributed by atoms with Crippen molar-refractivity contribution < 1.29 is 14.6 Å². The van der Waals surface area contributed by atoms with E-state index in [0.717, 1.165) is 19.3 Å². The molecule has 0 aromatic heterocycles. The van der Waals surface area contributed by atoms with Gasteiger partial charge in [0.15, 0.2) is 0 Å². The third-order valence-electron chi connectivity index (χ3n) is 3.37. The standard InChI is InChI=1S/C14H27NO3/c1-10(2)7-8-18-11(3)9-14(4,13(16)17)15-12-5-6-12/h10-12,15H,5-9H2,1-4H3,(H,16,17). The van der Waals surface area contributed by atoms with E-state index in [1.54, 1.807) is 6.92 Å². The topological polar surface area (TPSA) is 58.6 Å². The molecule has 0 heterocycles. The second-order valence-electron chi connectivity index (χ2n) is 6.12. The van der Waals surface area contributed by atoms with Crippen molar-refractivity contribution in [1.29, 1.82) is 0 Å². The van der Waals surface area contributed by atoms with Crippen LogP contribution in [0, 0.1) is 5.92 Å². The quantitative estimate of drug-likeness (QED) is 0.666. The van der Waals surface area contributed by atoms with Crippen LogP contribution in [0.3, 0.4) is 0 Å². The summed E-state index contributed by atoms with van der Waals surface area (Å²) in [6.45, 7) is 8.73. The summed E-state index contributed by atoms with van der Waals surface area (Å²) in [5.41, 5.74) is -0.863. The summed E-state index contributed by atoms with van der Waals surface area (Å²) in [5, 5.41) is 12.6. The Labute approximate surface area is 110 Å². The number of hydrogen-bond donors (Lipinski definition) is 2. The van der Waals surface area contributed by atoms with Crippen LogP contribution in [0.2, 0.25) is 0 Å². The highest BCUT2D eigenvalue weighted by Gasteiger charge is 2.39. The summed E-state index contributed by atoms with van der Waals surface area (Å²) in [7, 11) is 0. The lowest BCUT2D eigenvalue weighted by atomic mass is 9.94. The molecular formula is C14H27NO3. The van der Waals surface area contributed by atoms with Gasteiger partial charge in [0.1, 0.15) is 5.54 Å². The van der Waals surface area contributed by atoms with E-state index in [0.29, 0.717) is 25.0 Å². The Morgan fingerprint density at radius 1 is 1.44 bits per heavy atom. The van der Waals surface area contributed by atoms with Gasteiger partial charge in [-0.1, -0.05) is 13.8 Å². The van der Waals surface area contributed by atoms with E-state index in [-0.39, 0.29) is 6.10 Å². The molecule has 0 aliphatic heterocycles. The van der Waals surface area contributed by atoms with Crippen molar-refractivity contribution in [3.05, 3.63) is 0 Å². The van der Waals surface area contributed by atoms with Gasteiger partial charge in [0.05, 0.1) is 6.10 Å². The predicted octanol–water partition coefficient (Wildman–Crippen LogP) is 2.42. The molecule has 106 valence electrons. The molecule has 0 aromatic rings. The molecule has 0 bridgehead atoms. The molecule has 1 aliphatic carbocycles. The fourth-order valence-corrected chi connectivity index (χ4v) is 2.02. The molecule has 1 fully saturated rings. The van der Waals surface area contributed by atoms with Crippen molar-refractivity contribution in [1.82, 2.24) is 5.32 Å². The third-order valence-corrected chi connectivity index (χ3v) is 3.37. The normalized spacial score (nSPS) is 20.7. The van der Waals surface area contributed by atoms with E-state index in [2.05, 4.69) is 19.2 Å². The van der Waals surface area contributed by atoms with Crippen molar-refractivity contribution in [2.75, 3.05) is 6.61 Å². The lowest BCUT2D eigenvalue weighted by molar-refractivity contribution is -0.146. The highest BCUT2D eigenvalue weighted by atomic mass is 16.5. The van der Waals surface area contributed by atoms with Crippen molar-refractivity contribution in [3.8, 4) is 0 Å². The number of aliphatic carboxylic acids is 1. The number of carboxylic acids is 1. The molecule has 0 spiro atoms. The van der Waals surface area contributed by atoms with Crippen LogP contribution in [0.15, 0.2) is 0 Å². The van der Waals surface area contributed by atoms with Gasteiger partial charge in [0.25, 0.3) is 0 Å². The molecular weight excluding hydrogens is 230 g/mol. The zero-order valence-corrected chi connectivity index (χ0v) is 12.0. The van der Waals surface area contributed by atoms with E-state index in [1.807, 2.05) is 6.92 Å². The van der Waals surface area contributed by atoms with Gasteiger partial charge in [-0.15, -0.1) is 0 Å². The summed E-state index contributed by atoms with van der Waals surface area (Å²) >= 11 is 0. The van der Waals surface area contributed by atoms with Crippen LogP contribution >= 0.6 is 0 Å². The largest absolute Gasteiger partial charge is 0.480 e. The maximum absolute atomic E-state index is 11.4. The second-order valence-corrected chi connectivity index (χ2v) is 6.12. The lowest BCUT2D eigenvalue weighted by Gasteiger charge is -2.29. The second kappa shape index (κ2) is 6.53. The van der Waals surface area contributed by atoms with Crippen LogP contribution in [-0.4, -0.2) is 35.4 Å². The van der Waals surface area contributed by atoms with Gasteiger partial charge in [0.2, 0.25) is 0 Å². The number of carboxylic acid groups (broad SMARTS) is 1. The molecule has 1 saturated carbocycles. The van der Waals surface area contributed by atoms with Crippen molar-refractivity contribution >= 4 is 5.97 Å². The Hall–Kier alpha value is -0.610. The maximum atomic E-state index is 11.4. The van der Waals surface area contributed by atoms with Gasteiger partial charge < -0.3 is 9.84 Å². The summed E-state index contributed by atoms with van der Waals surface area (Å²) in [5.74, 6) is -0.165. The van der Waals surface area contributed by atoms with E-state index < -0.39 is 11.5 Å². The summed E-state index contributed by atoms with van der Waals surface area (Å²) in [6, 6.07) is 0.383. The van der Waals surface area contributed by atoms with E-state index in [1.165, 1.54) is 0 Å². The fraction of sp³-hybridized carbons (Fsp3) is 0.929. The average molecular weight is 257 g/mol. The molecule has 1 aliphatic rings. The molecule has 2 unspecified atom stereocenters. The maximum Gasteiger partial charge on any atom is 0.323 e. The Bertz CT molecular complexity index is 276. The molecule has 4 heteroatoms. The van der Waals surface area contributed by atoms with Gasteiger partial charge in [-0.05, 0) is 39.0 Å². The zero-order valence-electron chi connectivity index (χ0n) is 12.0. The van der Waals surface area contributed by atoms with E-state index in [9.17, 15) is 9.90 Å². The first-order valence-corrected chi connectivity index (χ1v) is 6.96. The minimum Gasteiger partial charge on any atom is -0.480 e. The molecule has 18 heavy (non-hydrogen) atoms. The van der Waals surface area contributed by atoms with Gasteiger partial charge in [-0.3, -0.25) is 10.1 Å². The Morgan fingerprint density at radius 3 is 2.50 bits per heavy atom. The predicted molar refractivity (Wildman–Crippen MR) is 71.7 cm³/mol. The fourth-order valence-electron chi connectivity index (χ4n) is 2.02. The average Bonchev–Trinajstić information content (AvgIpc) is 3.00. The SMILES string of the molecule is CC(C)CCOC(C)CC(C)(NC1CC1)C(=O)O. The first-order chi connectivity index (χ1) is 8.33. The first-order valence-electron chi connectivity index (χ1n) is 6.96. The highest BCUT2D eigenvalue weighted by molar-refractivity contribution is 5.78. The summed E-state index contributed by atoms with van der Waals surface area (Å²) < 4.78 is 5.70. The third kappa shape index (κ3) is 5.36. The molecule has 0 radical (unpaired) electrons. The van der Waals surface area contributed by atoms with E-state index >= 15 is 0 Å². The Balaban J connectivity index is 2.37. The van der Waals surface area contributed by atoms with Crippen LogP contribution in [0.5, 0.6) is 0 Å². The molecule has 4 nitrogen and oxygen atoms in total. The van der Waals surface area contributed by atoms with E-state index in [4.69, 9.17) is 4.74 Å². The number of hydrogen-bond acceptors (Lipinski definition) is 3. The van der Waals surface area contributed by atoms with Crippen molar-refractivity contribution in [3.63, 3.8) is 0 Å². The number of carbonyl (C=O) groups is 1. The Kier molecular flexibility index (Phi) is 5.60. The van der Waals surface area contributed by atoms with Crippen LogP contribution in [0.25, 0.3) is 0 Å². The Morgan fingerprint density at radius 2 is 2.06 bits per heavy atom. The molecule has 0 amide bonds. The lowest BCUT2D eigenvalue weighted by Crippen LogP contribution is -2.52. The molecule has 2 atom stereocenters. The molecule has 0 saturated heterocycles. The zero-order chi connectivity index (χ0) is 13.8. The number of rotatable bonds is 9. The van der Waals surface area contributed by atoms with Gasteiger partial charge >= 0.3 is 5.97 Å². The monoisotopic (exact) mass is 257 g/mol. The van der Waals surface area contributed by atoms with Crippen LogP contribution in [0.4, 0.5) is 0 Å². The minimum atomic E-state index is -0.863. The summed E-state index contributed by atoms with van der Waals surface area (Å²) in [6.07, 6.45) is 3.67. The van der Waals surface area contributed by atoms with Crippen molar-refractivity contribution in [2.45, 2.75) is 71.1 Å². The van der Waals surface area contributed by atoms with Gasteiger partial charge in [-0.2, -0.15) is 0 Å². The van der Waals surface area contributed by atoms with Crippen molar-refractivity contribution in [2.24, 2.45) is 5.92 Å². The smallest absolute Gasteiger partial charge is 0.323 e. The molecule has 1 rings (SSSR count). The summed E-state index contributed by atoms with van der Waals surface area (Å²) in [4.78, 5) is 11.4. The number of ether oxygens (including phenoxy) is 1. The first kappa shape index (κ1) is 15.4. The molecule has 2 N–H and O–H groups in total. The van der Waals surface area contributed by atoms with Gasteiger partial charge in [0, 0.05) is 19.1 Å².